The summed E-state index contributed by atoms with van der Waals surface area (Å²) >= 11 is 0. The van der Waals surface area contributed by atoms with E-state index in [0.717, 1.165) is 16.7 Å². The summed E-state index contributed by atoms with van der Waals surface area (Å²) in [6, 6.07) is 30.8. The fraction of sp³-hybridized carbons (Fsp3) is 0.132. The van der Waals surface area contributed by atoms with E-state index in [1.54, 1.807) is 30.3 Å². The van der Waals surface area contributed by atoms with Crippen molar-refractivity contribution in [2.45, 2.75) is 25.0 Å². The van der Waals surface area contributed by atoms with Crippen LogP contribution in [-0.4, -0.2) is 27.7 Å². The van der Waals surface area contributed by atoms with Crippen LogP contribution >= 0.6 is 0 Å². The van der Waals surface area contributed by atoms with Crippen LogP contribution in [0.2, 0.25) is 0 Å². The van der Waals surface area contributed by atoms with E-state index in [2.05, 4.69) is 0 Å². The number of aryl methyl sites for hydroxylation is 1. The van der Waals surface area contributed by atoms with Crippen molar-refractivity contribution < 1.29 is 41.1 Å². The standard InChI is InChI=1S/C38H32O10S/c1-24-14-17-28(18-15-24)49(41,42)48-38-35(40)33-31(21-32(37(44-3)34(33)39)46-23-26-12-8-5-9-13-26)47-36(38)27-16-19-29(43-2)30(20-27)45-22-25-10-6-4-7-11-25/h4-21,39H,22-23H2,1-3H3. The molecule has 0 saturated heterocycles. The smallest absolute Gasteiger partial charge is 0.339 e. The second-order valence-corrected chi connectivity index (χ2v) is 12.5. The van der Waals surface area contributed by atoms with Gasteiger partial charge in [-0.1, -0.05) is 78.4 Å². The Kier molecular flexibility index (Phi) is 9.45. The Morgan fingerprint density at radius 3 is 1.90 bits per heavy atom. The first-order valence-corrected chi connectivity index (χ1v) is 16.5. The lowest BCUT2D eigenvalue weighted by molar-refractivity contribution is 0.278. The van der Waals surface area contributed by atoms with Crippen molar-refractivity contribution in [3.05, 3.63) is 136 Å². The SMILES string of the molecule is COc1ccc(-c2oc3cc(OCc4ccccc4)c(OC)c(O)c3c(=O)c2OS(=O)(=O)c2ccc(C)cc2)cc1OCc1ccccc1. The minimum absolute atomic E-state index is 0.0908. The highest BCUT2D eigenvalue weighted by molar-refractivity contribution is 7.87. The lowest BCUT2D eigenvalue weighted by Gasteiger charge is -2.17. The zero-order valence-electron chi connectivity index (χ0n) is 26.8. The summed E-state index contributed by atoms with van der Waals surface area (Å²) in [5, 5.41) is 11.0. The Morgan fingerprint density at radius 1 is 0.694 bits per heavy atom. The van der Waals surface area contributed by atoms with E-state index in [1.807, 2.05) is 67.6 Å². The molecule has 5 aromatic carbocycles. The fourth-order valence-corrected chi connectivity index (χ4v) is 6.05. The molecule has 0 amide bonds. The number of aromatic hydroxyl groups is 1. The molecule has 0 fully saturated rings. The number of hydrogen-bond acceptors (Lipinski definition) is 10. The number of phenolic OH excluding ortho intramolecular Hbond substituents is 1. The highest BCUT2D eigenvalue weighted by Crippen LogP contribution is 2.45. The van der Waals surface area contributed by atoms with Gasteiger partial charge >= 0.3 is 10.1 Å². The van der Waals surface area contributed by atoms with Crippen LogP contribution in [0.4, 0.5) is 0 Å². The lowest BCUT2D eigenvalue weighted by Crippen LogP contribution is -2.17. The maximum atomic E-state index is 14.2. The molecule has 10 nitrogen and oxygen atoms in total. The molecular formula is C38H32O10S. The minimum atomic E-state index is -4.55. The lowest BCUT2D eigenvalue weighted by atomic mass is 10.1. The monoisotopic (exact) mass is 680 g/mol. The Morgan fingerprint density at radius 2 is 1.31 bits per heavy atom. The number of benzene rings is 5. The van der Waals surface area contributed by atoms with Gasteiger partial charge in [0.1, 0.15) is 29.1 Å². The molecule has 0 aliphatic carbocycles. The van der Waals surface area contributed by atoms with Crippen LogP contribution in [0.5, 0.6) is 34.5 Å². The third-order valence-corrected chi connectivity index (χ3v) is 8.88. The molecule has 0 aliphatic heterocycles. The van der Waals surface area contributed by atoms with Crippen LogP contribution in [0, 0.1) is 6.92 Å². The van der Waals surface area contributed by atoms with Crippen molar-refractivity contribution in [1.29, 1.82) is 0 Å². The van der Waals surface area contributed by atoms with E-state index < -0.39 is 27.0 Å². The minimum Gasteiger partial charge on any atom is -0.504 e. The molecule has 6 rings (SSSR count). The topological polar surface area (TPSA) is 131 Å². The molecule has 1 aromatic heterocycles. The molecule has 0 unspecified atom stereocenters. The molecule has 0 aliphatic rings. The normalized spacial score (nSPS) is 11.2. The molecule has 1 N–H and O–H groups in total. The molecule has 49 heavy (non-hydrogen) atoms. The summed E-state index contributed by atoms with van der Waals surface area (Å²) in [4.78, 5) is 14.0. The predicted molar refractivity (Wildman–Crippen MR) is 183 cm³/mol. The molecule has 250 valence electrons. The van der Waals surface area contributed by atoms with Crippen LogP contribution in [0.1, 0.15) is 16.7 Å². The van der Waals surface area contributed by atoms with E-state index in [0.29, 0.717) is 11.5 Å². The number of hydrogen-bond donors (Lipinski definition) is 1. The van der Waals surface area contributed by atoms with Gasteiger partial charge in [-0.2, -0.15) is 8.42 Å². The number of rotatable bonds is 12. The number of methoxy groups -OCH3 is 2. The van der Waals surface area contributed by atoms with Gasteiger partial charge in [0, 0.05) is 11.6 Å². The van der Waals surface area contributed by atoms with E-state index >= 15 is 0 Å². The quantitative estimate of drug-likeness (QED) is 0.130. The van der Waals surface area contributed by atoms with Crippen molar-refractivity contribution in [1.82, 2.24) is 0 Å². The van der Waals surface area contributed by atoms with Gasteiger partial charge in [-0.3, -0.25) is 4.79 Å². The molecule has 0 saturated carbocycles. The molecule has 0 bridgehead atoms. The largest absolute Gasteiger partial charge is 0.504 e. The Bertz CT molecular complexity index is 2270. The summed E-state index contributed by atoms with van der Waals surface area (Å²) < 4.78 is 61.9. The van der Waals surface area contributed by atoms with Crippen LogP contribution in [0.15, 0.2) is 123 Å². The second kappa shape index (κ2) is 14.0. The molecule has 1 heterocycles. The van der Waals surface area contributed by atoms with Crippen molar-refractivity contribution in [3.8, 4) is 45.8 Å². The molecule has 0 atom stereocenters. The summed E-state index contributed by atoms with van der Waals surface area (Å²) in [7, 11) is -1.76. The van der Waals surface area contributed by atoms with Crippen molar-refractivity contribution in [2.24, 2.45) is 0 Å². The van der Waals surface area contributed by atoms with Gasteiger partial charge in [-0.05, 0) is 48.4 Å². The van der Waals surface area contributed by atoms with Crippen LogP contribution in [0.3, 0.4) is 0 Å². The zero-order valence-corrected chi connectivity index (χ0v) is 27.7. The third-order valence-electron chi connectivity index (χ3n) is 7.64. The summed E-state index contributed by atoms with van der Waals surface area (Å²) in [6.07, 6.45) is 0. The van der Waals surface area contributed by atoms with E-state index in [9.17, 15) is 18.3 Å². The maximum Gasteiger partial charge on any atom is 0.339 e. The molecule has 11 heteroatoms. The highest BCUT2D eigenvalue weighted by atomic mass is 32.2. The van der Waals surface area contributed by atoms with E-state index in [-0.39, 0.29) is 51.9 Å². The molecule has 0 spiro atoms. The van der Waals surface area contributed by atoms with Gasteiger partial charge in [0.15, 0.2) is 28.8 Å². The number of ether oxygens (including phenoxy) is 4. The predicted octanol–water partition coefficient (Wildman–Crippen LogP) is 7.42. The fourth-order valence-electron chi connectivity index (χ4n) is 5.11. The first-order chi connectivity index (χ1) is 23.7. The Labute approximate surface area is 282 Å². The van der Waals surface area contributed by atoms with E-state index in [4.69, 9.17) is 27.5 Å². The molecular weight excluding hydrogens is 648 g/mol. The summed E-state index contributed by atoms with van der Waals surface area (Å²) in [5.41, 5.74) is 1.74. The van der Waals surface area contributed by atoms with Gasteiger partial charge < -0.3 is 32.7 Å². The Hall–Kier alpha value is -5.94. The van der Waals surface area contributed by atoms with Crippen molar-refractivity contribution in [2.75, 3.05) is 14.2 Å². The second-order valence-electron chi connectivity index (χ2n) is 11.0. The van der Waals surface area contributed by atoms with Crippen molar-refractivity contribution >= 4 is 21.1 Å². The van der Waals surface area contributed by atoms with Crippen molar-refractivity contribution in [3.63, 3.8) is 0 Å². The summed E-state index contributed by atoms with van der Waals surface area (Å²) in [6.45, 7) is 2.13. The zero-order chi connectivity index (χ0) is 34.5. The summed E-state index contributed by atoms with van der Waals surface area (Å²) in [5.74, 6) is -0.895. The van der Waals surface area contributed by atoms with Gasteiger partial charge in [-0.25, -0.2) is 0 Å². The number of phenols is 1. The van der Waals surface area contributed by atoms with Gasteiger partial charge in [0.2, 0.25) is 16.9 Å². The third kappa shape index (κ3) is 7.02. The van der Waals surface area contributed by atoms with Crippen LogP contribution in [0.25, 0.3) is 22.3 Å². The molecule has 0 radical (unpaired) electrons. The number of fused-ring (bicyclic) bond motifs is 1. The van der Waals surface area contributed by atoms with Gasteiger partial charge in [0.05, 0.1) is 14.2 Å². The van der Waals surface area contributed by atoms with Crippen LogP contribution < -0.4 is 28.6 Å². The van der Waals surface area contributed by atoms with Crippen LogP contribution in [-0.2, 0) is 23.3 Å². The van der Waals surface area contributed by atoms with Gasteiger partial charge in [0.25, 0.3) is 0 Å². The average Bonchev–Trinajstić information content (AvgIpc) is 3.11. The first-order valence-electron chi connectivity index (χ1n) is 15.1. The highest BCUT2D eigenvalue weighted by Gasteiger charge is 2.29. The first kappa shape index (κ1) is 33.0. The molecule has 6 aromatic rings. The average molecular weight is 681 g/mol. The van der Waals surface area contributed by atoms with E-state index in [1.165, 1.54) is 32.4 Å². The maximum absolute atomic E-state index is 14.2. The Balaban J connectivity index is 1.52. The van der Waals surface area contributed by atoms with Gasteiger partial charge in [-0.15, -0.1) is 0 Å².